The molecule has 1 aliphatic rings. The van der Waals surface area contributed by atoms with Crippen LogP contribution in [0.15, 0.2) is 91.0 Å². The van der Waals surface area contributed by atoms with Crippen molar-refractivity contribution in [2.45, 2.75) is 18.9 Å². The summed E-state index contributed by atoms with van der Waals surface area (Å²) in [6.45, 7) is 5.14. The molecule has 0 atom stereocenters. The third kappa shape index (κ3) is 5.94. The van der Waals surface area contributed by atoms with E-state index in [0.29, 0.717) is 0 Å². The summed E-state index contributed by atoms with van der Waals surface area (Å²) in [4.78, 5) is 2.53. The van der Waals surface area contributed by atoms with Gasteiger partial charge in [0.05, 0.1) is 6.04 Å². The Morgan fingerprint density at radius 3 is 1.87 bits per heavy atom. The first-order valence-corrected chi connectivity index (χ1v) is 11.1. The highest BCUT2D eigenvalue weighted by Crippen LogP contribution is 2.24. The molecule has 1 aliphatic heterocycles. The minimum atomic E-state index is 0.254. The zero-order valence-corrected chi connectivity index (χ0v) is 17.6. The maximum absolute atomic E-state index is 5.86. The zero-order chi connectivity index (χ0) is 20.4. The van der Waals surface area contributed by atoms with E-state index in [0.717, 1.165) is 44.5 Å². The van der Waals surface area contributed by atoms with Crippen LogP contribution in [0, 0.1) is 5.92 Å². The molecule has 3 aromatic carbocycles. The lowest BCUT2D eigenvalue weighted by atomic mass is 9.94. The molecular formula is C27H32N2O. The second-order valence-corrected chi connectivity index (χ2v) is 8.11. The van der Waals surface area contributed by atoms with Gasteiger partial charge in [-0.2, -0.15) is 0 Å². The van der Waals surface area contributed by atoms with Crippen LogP contribution in [0.5, 0.6) is 5.75 Å². The van der Waals surface area contributed by atoms with Crippen LogP contribution in [0.4, 0.5) is 0 Å². The molecule has 1 saturated heterocycles. The van der Waals surface area contributed by atoms with Crippen LogP contribution in [0.2, 0.25) is 0 Å². The first kappa shape index (κ1) is 20.6. The Morgan fingerprint density at radius 2 is 1.30 bits per heavy atom. The Balaban J connectivity index is 1.24. The third-order valence-corrected chi connectivity index (χ3v) is 6.00. The number of nitrogens with zero attached hydrogens (tertiary/aromatic N) is 1. The van der Waals surface area contributed by atoms with Crippen LogP contribution in [0.3, 0.4) is 0 Å². The summed E-state index contributed by atoms with van der Waals surface area (Å²) >= 11 is 0. The van der Waals surface area contributed by atoms with E-state index in [1.54, 1.807) is 0 Å². The maximum atomic E-state index is 5.86. The van der Waals surface area contributed by atoms with Crippen molar-refractivity contribution >= 4 is 0 Å². The van der Waals surface area contributed by atoms with Crippen LogP contribution in [0.25, 0.3) is 0 Å². The second kappa shape index (κ2) is 11.0. The number of benzene rings is 3. The average Bonchev–Trinajstić information content (AvgIpc) is 2.82. The minimum Gasteiger partial charge on any atom is -0.492 e. The molecule has 0 saturated carbocycles. The van der Waals surface area contributed by atoms with E-state index in [-0.39, 0.29) is 6.04 Å². The third-order valence-electron chi connectivity index (χ3n) is 6.00. The summed E-state index contributed by atoms with van der Waals surface area (Å²) in [6, 6.07) is 31.9. The topological polar surface area (TPSA) is 24.5 Å². The molecule has 0 aliphatic carbocycles. The maximum Gasteiger partial charge on any atom is 0.119 e. The van der Waals surface area contributed by atoms with Gasteiger partial charge in [-0.05, 0) is 61.7 Å². The molecule has 1 N–H and O–H groups in total. The van der Waals surface area contributed by atoms with Crippen molar-refractivity contribution in [3.8, 4) is 5.75 Å². The highest BCUT2D eigenvalue weighted by Gasteiger charge is 2.21. The summed E-state index contributed by atoms with van der Waals surface area (Å²) < 4.78 is 5.86. The Labute approximate surface area is 180 Å². The molecule has 0 unspecified atom stereocenters. The van der Waals surface area contributed by atoms with Crippen molar-refractivity contribution < 1.29 is 4.74 Å². The van der Waals surface area contributed by atoms with Crippen LogP contribution in [-0.4, -0.2) is 37.7 Å². The standard InChI is InChI=1S/C27H32N2O/c1-4-10-24(11-5-1)27(25-12-6-2-7-13-25)28-22-23-16-18-29(19-17-23)20-21-30-26-14-8-3-9-15-26/h1-15,23,27-28H,16-22H2. The first-order chi connectivity index (χ1) is 14.9. The van der Waals surface area contributed by atoms with Gasteiger partial charge in [-0.1, -0.05) is 78.9 Å². The van der Waals surface area contributed by atoms with Gasteiger partial charge in [0.1, 0.15) is 12.4 Å². The fraction of sp³-hybridized carbons (Fsp3) is 0.333. The predicted molar refractivity (Wildman–Crippen MR) is 124 cm³/mol. The number of hydrogen-bond donors (Lipinski definition) is 1. The molecule has 1 fully saturated rings. The summed E-state index contributed by atoms with van der Waals surface area (Å²) in [6.07, 6.45) is 2.49. The molecule has 1 heterocycles. The van der Waals surface area contributed by atoms with Crippen LogP contribution in [0.1, 0.15) is 30.0 Å². The van der Waals surface area contributed by atoms with E-state index in [9.17, 15) is 0 Å². The van der Waals surface area contributed by atoms with Crippen molar-refractivity contribution in [3.05, 3.63) is 102 Å². The zero-order valence-electron chi connectivity index (χ0n) is 17.6. The highest BCUT2D eigenvalue weighted by atomic mass is 16.5. The van der Waals surface area contributed by atoms with Crippen molar-refractivity contribution in [1.29, 1.82) is 0 Å². The molecule has 0 spiro atoms. The first-order valence-electron chi connectivity index (χ1n) is 11.1. The highest BCUT2D eigenvalue weighted by molar-refractivity contribution is 5.31. The van der Waals surface area contributed by atoms with Crippen molar-refractivity contribution in [1.82, 2.24) is 10.2 Å². The molecule has 3 nitrogen and oxygen atoms in total. The number of para-hydroxylation sites is 1. The second-order valence-electron chi connectivity index (χ2n) is 8.11. The Morgan fingerprint density at radius 1 is 0.767 bits per heavy atom. The van der Waals surface area contributed by atoms with Crippen molar-refractivity contribution in [2.75, 3.05) is 32.8 Å². The molecule has 3 aromatic rings. The molecule has 0 amide bonds. The number of nitrogens with one attached hydrogen (secondary N) is 1. The summed E-state index contributed by atoms with van der Waals surface area (Å²) in [5, 5.41) is 3.86. The summed E-state index contributed by atoms with van der Waals surface area (Å²) in [7, 11) is 0. The summed E-state index contributed by atoms with van der Waals surface area (Å²) in [5.41, 5.74) is 2.67. The van der Waals surface area contributed by atoms with E-state index in [4.69, 9.17) is 4.74 Å². The van der Waals surface area contributed by atoms with Gasteiger partial charge < -0.3 is 10.1 Å². The molecule has 0 aromatic heterocycles. The van der Waals surface area contributed by atoms with E-state index in [1.165, 1.54) is 24.0 Å². The lowest BCUT2D eigenvalue weighted by Gasteiger charge is -2.33. The summed E-state index contributed by atoms with van der Waals surface area (Å²) in [5.74, 6) is 1.69. The van der Waals surface area contributed by atoms with Crippen molar-refractivity contribution in [3.63, 3.8) is 0 Å². The lowest BCUT2D eigenvalue weighted by molar-refractivity contribution is 0.153. The predicted octanol–water partition coefficient (Wildman–Crippen LogP) is 5.16. The number of piperidine rings is 1. The largest absolute Gasteiger partial charge is 0.492 e. The van der Waals surface area contributed by atoms with Crippen LogP contribution >= 0.6 is 0 Å². The lowest BCUT2D eigenvalue weighted by Crippen LogP contribution is -2.39. The van der Waals surface area contributed by atoms with Gasteiger partial charge in [0, 0.05) is 6.54 Å². The fourth-order valence-electron chi connectivity index (χ4n) is 4.23. The van der Waals surface area contributed by atoms with E-state index in [2.05, 4.69) is 70.9 Å². The molecule has 156 valence electrons. The molecular weight excluding hydrogens is 368 g/mol. The average molecular weight is 401 g/mol. The smallest absolute Gasteiger partial charge is 0.119 e. The molecule has 3 heteroatoms. The fourth-order valence-corrected chi connectivity index (χ4v) is 4.23. The molecule has 0 bridgehead atoms. The SMILES string of the molecule is c1ccc(OCCN2CCC(CNC(c3ccccc3)c3ccccc3)CC2)cc1. The molecule has 30 heavy (non-hydrogen) atoms. The Bertz CT molecular complexity index is 806. The minimum absolute atomic E-state index is 0.254. The van der Waals surface area contributed by atoms with Gasteiger partial charge >= 0.3 is 0 Å². The molecule has 4 rings (SSSR count). The number of hydrogen-bond acceptors (Lipinski definition) is 3. The van der Waals surface area contributed by atoms with Gasteiger partial charge in [-0.3, -0.25) is 4.90 Å². The van der Waals surface area contributed by atoms with E-state index >= 15 is 0 Å². The van der Waals surface area contributed by atoms with E-state index in [1.807, 2.05) is 30.3 Å². The Hall–Kier alpha value is -2.62. The van der Waals surface area contributed by atoms with Crippen molar-refractivity contribution in [2.24, 2.45) is 5.92 Å². The van der Waals surface area contributed by atoms with Crippen LogP contribution in [-0.2, 0) is 0 Å². The number of rotatable bonds is 9. The number of likely N-dealkylation sites (tertiary alicyclic amines) is 1. The normalized spacial score (nSPS) is 15.4. The quantitative estimate of drug-likeness (QED) is 0.537. The van der Waals surface area contributed by atoms with E-state index < -0.39 is 0 Å². The Kier molecular flexibility index (Phi) is 7.54. The van der Waals surface area contributed by atoms with Gasteiger partial charge in [0.2, 0.25) is 0 Å². The van der Waals surface area contributed by atoms with Crippen LogP contribution < -0.4 is 10.1 Å². The van der Waals surface area contributed by atoms with Gasteiger partial charge in [0.25, 0.3) is 0 Å². The monoisotopic (exact) mass is 400 g/mol. The number of ether oxygens (including phenoxy) is 1. The molecule has 0 radical (unpaired) electrons. The van der Waals surface area contributed by atoms with Gasteiger partial charge in [-0.25, -0.2) is 0 Å². The van der Waals surface area contributed by atoms with Gasteiger partial charge in [-0.15, -0.1) is 0 Å². The van der Waals surface area contributed by atoms with Gasteiger partial charge in [0.15, 0.2) is 0 Å².